The van der Waals surface area contributed by atoms with Gasteiger partial charge in [0.1, 0.15) is 5.41 Å². The number of aliphatic carboxylic acids is 1. The van der Waals surface area contributed by atoms with Crippen LogP contribution in [0, 0.1) is 5.41 Å². The number of carbonyl (C=O) groups is 2. The van der Waals surface area contributed by atoms with Gasteiger partial charge in [-0.1, -0.05) is 11.6 Å². The van der Waals surface area contributed by atoms with Crippen LogP contribution in [0.15, 0.2) is 12.1 Å². The standard InChI is InChI=1S/C11H12ClNO3S/c1-7(14)13-5-11(6-13,10(15)16)4-8-2-3-9(12)17-8/h2-3H,4-6H2,1H3,(H,15,16). The lowest BCUT2D eigenvalue weighted by atomic mass is 9.76. The molecular formula is C11H12ClNO3S. The summed E-state index contributed by atoms with van der Waals surface area (Å²) in [5.74, 6) is -0.925. The van der Waals surface area contributed by atoms with Crippen LogP contribution < -0.4 is 0 Å². The number of hydrogen-bond donors (Lipinski definition) is 1. The van der Waals surface area contributed by atoms with E-state index in [-0.39, 0.29) is 19.0 Å². The number of hydrogen-bond acceptors (Lipinski definition) is 3. The summed E-state index contributed by atoms with van der Waals surface area (Å²) in [4.78, 5) is 24.9. The minimum Gasteiger partial charge on any atom is -0.481 e. The maximum absolute atomic E-state index is 11.3. The van der Waals surface area contributed by atoms with Crippen molar-refractivity contribution in [2.24, 2.45) is 5.41 Å². The van der Waals surface area contributed by atoms with Crippen LogP contribution in [0.1, 0.15) is 11.8 Å². The van der Waals surface area contributed by atoms with Crippen molar-refractivity contribution in [1.29, 1.82) is 0 Å². The van der Waals surface area contributed by atoms with Gasteiger partial charge in [-0.05, 0) is 12.1 Å². The van der Waals surface area contributed by atoms with Crippen molar-refractivity contribution < 1.29 is 14.7 Å². The van der Waals surface area contributed by atoms with Crippen molar-refractivity contribution in [2.45, 2.75) is 13.3 Å². The van der Waals surface area contributed by atoms with Gasteiger partial charge in [0, 0.05) is 31.3 Å². The predicted octanol–water partition coefficient (Wildman–Crippen LogP) is 1.88. The summed E-state index contributed by atoms with van der Waals surface area (Å²) in [6.45, 7) is 2.02. The predicted molar refractivity (Wildman–Crippen MR) is 65.4 cm³/mol. The molecule has 1 fully saturated rings. The fourth-order valence-corrected chi connectivity index (χ4v) is 3.24. The van der Waals surface area contributed by atoms with Crippen molar-refractivity contribution in [3.8, 4) is 0 Å². The molecule has 6 heteroatoms. The van der Waals surface area contributed by atoms with E-state index in [0.717, 1.165) is 4.88 Å². The summed E-state index contributed by atoms with van der Waals surface area (Å²) < 4.78 is 0.656. The van der Waals surface area contributed by atoms with Gasteiger partial charge in [-0.2, -0.15) is 0 Å². The SMILES string of the molecule is CC(=O)N1CC(Cc2ccc(Cl)s2)(C(=O)O)C1. The zero-order valence-electron chi connectivity index (χ0n) is 9.27. The van der Waals surface area contributed by atoms with Gasteiger partial charge in [0.15, 0.2) is 0 Å². The van der Waals surface area contributed by atoms with Crippen molar-refractivity contribution in [3.05, 3.63) is 21.3 Å². The average Bonchev–Trinajstić information content (AvgIpc) is 2.55. The summed E-state index contributed by atoms with van der Waals surface area (Å²) in [7, 11) is 0. The second kappa shape index (κ2) is 4.31. The molecule has 1 aliphatic heterocycles. The fraction of sp³-hybridized carbons (Fsp3) is 0.455. The Balaban J connectivity index is 2.10. The Bertz CT molecular complexity index is 465. The minimum absolute atomic E-state index is 0.0777. The molecule has 0 saturated carbocycles. The van der Waals surface area contributed by atoms with Crippen LogP contribution in [0.3, 0.4) is 0 Å². The number of carboxylic acids is 1. The summed E-state index contributed by atoms with van der Waals surface area (Å²) >= 11 is 7.21. The molecule has 0 atom stereocenters. The monoisotopic (exact) mass is 273 g/mol. The fourth-order valence-electron chi connectivity index (χ4n) is 2.01. The molecule has 2 rings (SSSR count). The Kier molecular flexibility index (Phi) is 3.14. The molecule has 1 aromatic heterocycles. The van der Waals surface area contributed by atoms with Crippen LogP contribution in [0.25, 0.3) is 0 Å². The third kappa shape index (κ3) is 2.30. The first-order valence-corrected chi connectivity index (χ1v) is 6.35. The summed E-state index contributed by atoms with van der Waals surface area (Å²) in [6, 6.07) is 3.60. The van der Waals surface area contributed by atoms with Crippen LogP contribution in [-0.4, -0.2) is 35.0 Å². The van der Waals surface area contributed by atoms with Crippen LogP contribution in [0.5, 0.6) is 0 Å². The largest absolute Gasteiger partial charge is 0.481 e. The van der Waals surface area contributed by atoms with Gasteiger partial charge in [-0.15, -0.1) is 11.3 Å². The van der Waals surface area contributed by atoms with Crippen LogP contribution >= 0.6 is 22.9 Å². The molecule has 17 heavy (non-hydrogen) atoms. The number of carbonyl (C=O) groups excluding carboxylic acids is 1. The first-order chi connectivity index (χ1) is 7.93. The van der Waals surface area contributed by atoms with Gasteiger partial charge in [0.25, 0.3) is 0 Å². The average molecular weight is 274 g/mol. The highest BCUT2D eigenvalue weighted by molar-refractivity contribution is 7.16. The molecule has 1 amide bonds. The molecule has 0 unspecified atom stereocenters. The Hall–Kier alpha value is -1.07. The van der Waals surface area contributed by atoms with E-state index in [2.05, 4.69) is 0 Å². The molecule has 0 aliphatic carbocycles. The zero-order chi connectivity index (χ0) is 12.6. The number of carboxylic acid groups (broad SMARTS) is 1. The van der Waals surface area contributed by atoms with Gasteiger partial charge in [-0.3, -0.25) is 9.59 Å². The number of likely N-dealkylation sites (tertiary alicyclic amines) is 1. The van der Waals surface area contributed by atoms with Gasteiger partial charge >= 0.3 is 5.97 Å². The van der Waals surface area contributed by atoms with Crippen LogP contribution in [-0.2, 0) is 16.0 Å². The number of nitrogens with zero attached hydrogens (tertiary/aromatic N) is 1. The zero-order valence-corrected chi connectivity index (χ0v) is 10.8. The highest BCUT2D eigenvalue weighted by Gasteiger charge is 2.50. The van der Waals surface area contributed by atoms with Crippen LogP contribution in [0.2, 0.25) is 4.34 Å². The lowest BCUT2D eigenvalue weighted by molar-refractivity contribution is -0.165. The first kappa shape index (κ1) is 12.4. The Labute approximate surface area is 108 Å². The molecule has 1 aliphatic rings. The lowest BCUT2D eigenvalue weighted by Gasteiger charge is -2.46. The molecule has 0 spiro atoms. The van der Waals surface area contributed by atoms with Crippen molar-refractivity contribution in [1.82, 2.24) is 4.90 Å². The normalized spacial score (nSPS) is 17.6. The molecule has 92 valence electrons. The van der Waals surface area contributed by atoms with E-state index in [0.29, 0.717) is 10.8 Å². The Morgan fingerprint density at radius 1 is 1.53 bits per heavy atom. The second-order valence-corrected chi connectivity index (χ2v) is 6.14. The van der Waals surface area contributed by atoms with E-state index in [1.807, 2.05) is 6.07 Å². The number of thiophene rings is 1. The third-order valence-electron chi connectivity index (χ3n) is 3.03. The Morgan fingerprint density at radius 3 is 2.59 bits per heavy atom. The molecule has 0 bridgehead atoms. The van der Waals surface area contributed by atoms with E-state index < -0.39 is 11.4 Å². The highest BCUT2D eigenvalue weighted by Crippen LogP contribution is 2.37. The smallest absolute Gasteiger partial charge is 0.313 e. The molecule has 1 aromatic rings. The van der Waals surface area contributed by atoms with Gasteiger partial charge < -0.3 is 10.0 Å². The first-order valence-electron chi connectivity index (χ1n) is 5.16. The molecule has 4 nitrogen and oxygen atoms in total. The molecule has 1 saturated heterocycles. The van der Waals surface area contributed by atoms with E-state index in [4.69, 9.17) is 11.6 Å². The number of amides is 1. The van der Waals surface area contributed by atoms with Crippen molar-refractivity contribution in [3.63, 3.8) is 0 Å². The third-order valence-corrected chi connectivity index (χ3v) is 4.26. The maximum atomic E-state index is 11.3. The maximum Gasteiger partial charge on any atom is 0.313 e. The van der Waals surface area contributed by atoms with Gasteiger partial charge in [-0.25, -0.2) is 0 Å². The second-order valence-electron chi connectivity index (χ2n) is 4.34. The molecule has 0 radical (unpaired) electrons. The summed E-state index contributed by atoms with van der Waals surface area (Å²) in [6.07, 6.45) is 0.434. The van der Waals surface area contributed by atoms with E-state index in [1.54, 1.807) is 11.0 Å². The molecule has 1 N–H and O–H groups in total. The quantitative estimate of drug-likeness (QED) is 0.915. The van der Waals surface area contributed by atoms with E-state index in [1.165, 1.54) is 18.3 Å². The Morgan fingerprint density at radius 2 is 2.18 bits per heavy atom. The lowest BCUT2D eigenvalue weighted by Crippen LogP contribution is -2.62. The van der Waals surface area contributed by atoms with E-state index >= 15 is 0 Å². The highest BCUT2D eigenvalue weighted by atomic mass is 35.5. The van der Waals surface area contributed by atoms with Gasteiger partial charge in [0.05, 0.1) is 4.34 Å². The molecule has 2 heterocycles. The summed E-state index contributed by atoms with van der Waals surface area (Å²) in [5, 5.41) is 9.29. The molecule has 0 aromatic carbocycles. The molecular weight excluding hydrogens is 262 g/mol. The van der Waals surface area contributed by atoms with E-state index in [9.17, 15) is 14.7 Å². The van der Waals surface area contributed by atoms with Crippen molar-refractivity contribution in [2.75, 3.05) is 13.1 Å². The number of halogens is 1. The minimum atomic E-state index is -0.848. The van der Waals surface area contributed by atoms with Crippen molar-refractivity contribution >= 4 is 34.8 Å². The summed E-state index contributed by atoms with van der Waals surface area (Å²) in [5.41, 5.74) is -0.833. The topological polar surface area (TPSA) is 57.6 Å². The number of rotatable bonds is 3. The van der Waals surface area contributed by atoms with Gasteiger partial charge in [0.2, 0.25) is 5.91 Å². The van der Waals surface area contributed by atoms with Crippen LogP contribution in [0.4, 0.5) is 0 Å².